The van der Waals surface area contributed by atoms with E-state index in [-0.39, 0.29) is 18.0 Å². The van der Waals surface area contributed by atoms with Gasteiger partial charge in [0.1, 0.15) is 31.3 Å². The van der Waals surface area contributed by atoms with Gasteiger partial charge in [0, 0.05) is 44.0 Å². The van der Waals surface area contributed by atoms with E-state index in [1.807, 2.05) is 6.07 Å². The maximum atomic E-state index is 12.5. The maximum absolute atomic E-state index is 12.5. The smallest absolute Gasteiger partial charge is 0.253 e. The zero-order valence-corrected chi connectivity index (χ0v) is 15.3. The van der Waals surface area contributed by atoms with Crippen molar-refractivity contribution in [3.63, 3.8) is 0 Å². The molecule has 144 valence electrons. The van der Waals surface area contributed by atoms with E-state index in [0.717, 1.165) is 5.82 Å². The fourth-order valence-corrected chi connectivity index (χ4v) is 3.03. The van der Waals surface area contributed by atoms with Crippen molar-refractivity contribution in [3.8, 4) is 5.82 Å². The van der Waals surface area contributed by atoms with Gasteiger partial charge < -0.3 is 9.80 Å². The van der Waals surface area contributed by atoms with Gasteiger partial charge in [0.2, 0.25) is 5.91 Å². The quantitative estimate of drug-likeness (QED) is 0.581. The van der Waals surface area contributed by atoms with Gasteiger partial charge in [-0.2, -0.15) is 5.10 Å². The van der Waals surface area contributed by atoms with Gasteiger partial charge in [-0.3, -0.25) is 14.2 Å². The zero-order valence-electron chi connectivity index (χ0n) is 15.3. The van der Waals surface area contributed by atoms with Gasteiger partial charge >= 0.3 is 0 Å². The van der Waals surface area contributed by atoms with Crippen LogP contribution < -0.4 is 10.5 Å². The minimum atomic E-state index is -0.221. The Kier molecular flexibility index (Phi) is 4.79. The first-order chi connectivity index (χ1) is 13.6. The number of aryl methyl sites for hydroxylation is 1. The summed E-state index contributed by atoms with van der Waals surface area (Å²) < 4.78 is 2.90. The lowest BCUT2D eigenvalue weighted by molar-refractivity contribution is -0.132. The Morgan fingerprint density at radius 2 is 1.79 bits per heavy atom. The van der Waals surface area contributed by atoms with E-state index in [0.29, 0.717) is 37.7 Å². The predicted molar refractivity (Wildman–Crippen MR) is 99.0 cm³/mol. The molecule has 0 aliphatic carbocycles. The number of carbonyl (C=O) groups excluding carboxylic acids is 1. The summed E-state index contributed by atoms with van der Waals surface area (Å²) in [5, 5.41) is 4.07. The molecule has 11 nitrogen and oxygen atoms in total. The lowest BCUT2D eigenvalue weighted by Crippen LogP contribution is -2.50. The predicted octanol–water partition coefficient (Wildman–Crippen LogP) is -0.729. The Balaban J connectivity index is 1.39. The summed E-state index contributed by atoms with van der Waals surface area (Å²) in [5.74, 6) is 1.30. The number of rotatable bonds is 4. The highest BCUT2D eigenvalue weighted by molar-refractivity contribution is 5.76. The van der Waals surface area contributed by atoms with E-state index in [1.54, 1.807) is 22.8 Å². The number of nitrogens with zero attached hydrogens (tertiary/aromatic N) is 9. The summed E-state index contributed by atoms with van der Waals surface area (Å²) in [6.07, 6.45) is 5.92. The number of aromatic nitrogens is 7. The molecule has 1 amide bonds. The van der Waals surface area contributed by atoms with Crippen molar-refractivity contribution in [3.05, 3.63) is 53.5 Å². The van der Waals surface area contributed by atoms with Gasteiger partial charge in [0.05, 0.1) is 6.33 Å². The van der Waals surface area contributed by atoms with Crippen LogP contribution in [0.15, 0.2) is 42.2 Å². The number of piperazine rings is 1. The monoisotopic (exact) mass is 381 g/mol. The van der Waals surface area contributed by atoms with Gasteiger partial charge in [-0.15, -0.1) is 0 Å². The van der Waals surface area contributed by atoms with Gasteiger partial charge in [-0.25, -0.2) is 24.6 Å². The molecule has 0 saturated carbocycles. The highest BCUT2D eigenvalue weighted by Gasteiger charge is 2.22. The molecule has 3 aromatic heterocycles. The molecule has 1 saturated heterocycles. The minimum absolute atomic E-state index is 0.00390. The summed E-state index contributed by atoms with van der Waals surface area (Å²) in [6, 6.07) is 3.26. The van der Waals surface area contributed by atoms with Crippen molar-refractivity contribution in [2.75, 3.05) is 31.1 Å². The van der Waals surface area contributed by atoms with E-state index in [9.17, 15) is 9.59 Å². The molecule has 28 heavy (non-hydrogen) atoms. The van der Waals surface area contributed by atoms with Crippen LogP contribution in [0.3, 0.4) is 0 Å². The average molecular weight is 381 g/mol. The van der Waals surface area contributed by atoms with Crippen LogP contribution in [0, 0.1) is 6.92 Å². The van der Waals surface area contributed by atoms with Crippen LogP contribution in [0.5, 0.6) is 0 Å². The molecule has 0 spiro atoms. The van der Waals surface area contributed by atoms with Crippen LogP contribution in [0.25, 0.3) is 5.82 Å². The Morgan fingerprint density at radius 1 is 1.00 bits per heavy atom. The molecule has 0 atom stereocenters. The zero-order chi connectivity index (χ0) is 19.5. The van der Waals surface area contributed by atoms with Crippen molar-refractivity contribution < 1.29 is 4.79 Å². The molecule has 3 aromatic rings. The Bertz CT molecular complexity index is 1020. The first kappa shape index (κ1) is 17.8. The van der Waals surface area contributed by atoms with Crippen molar-refractivity contribution in [2.45, 2.75) is 13.5 Å². The molecule has 0 unspecified atom stereocenters. The Hall–Kier alpha value is -3.63. The lowest BCUT2D eigenvalue weighted by Gasteiger charge is -2.35. The molecule has 0 N–H and O–H groups in total. The van der Waals surface area contributed by atoms with Crippen LogP contribution in [-0.4, -0.2) is 71.3 Å². The summed E-state index contributed by atoms with van der Waals surface area (Å²) in [5.41, 5.74) is 0.415. The number of hydrogen-bond acceptors (Lipinski definition) is 8. The Labute approximate surface area is 160 Å². The average Bonchev–Trinajstić information content (AvgIpc) is 3.25. The summed E-state index contributed by atoms with van der Waals surface area (Å²) >= 11 is 0. The third-order valence-electron chi connectivity index (χ3n) is 4.57. The highest BCUT2D eigenvalue weighted by Crippen LogP contribution is 2.15. The summed E-state index contributed by atoms with van der Waals surface area (Å²) in [7, 11) is 0. The number of amides is 1. The fourth-order valence-electron chi connectivity index (χ4n) is 3.03. The third-order valence-corrected chi connectivity index (χ3v) is 4.57. The van der Waals surface area contributed by atoms with Crippen molar-refractivity contribution in [1.29, 1.82) is 0 Å². The van der Waals surface area contributed by atoms with Crippen molar-refractivity contribution >= 4 is 11.7 Å². The van der Waals surface area contributed by atoms with Crippen molar-refractivity contribution in [1.82, 2.24) is 39.2 Å². The third kappa shape index (κ3) is 3.72. The van der Waals surface area contributed by atoms with E-state index in [2.05, 4.69) is 29.9 Å². The number of carbonyl (C=O) groups is 1. The number of hydrogen-bond donors (Lipinski definition) is 0. The van der Waals surface area contributed by atoms with E-state index in [4.69, 9.17) is 0 Å². The van der Waals surface area contributed by atoms with Crippen LogP contribution >= 0.6 is 0 Å². The van der Waals surface area contributed by atoms with Crippen molar-refractivity contribution in [2.24, 2.45) is 0 Å². The maximum Gasteiger partial charge on any atom is 0.253 e. The lowest BCUT2D eigenvalue weighted by atomic mass is 10.3. The number of anilines is 1. The second-order valence-corrected chi connectivity index (χ2v) is 6.44. The molecule has 4 heterocycles. The molecule has 11 heteroatoms. The van der Waals surface area contributed by atoms with E-state index < -0.39 is 0 Å². The first-order valence-electron chi connectivity index (χ1n) is 8.83. The molecular formula is C17H19N9O2. The fraction of sp³-hybridized carbons (Fsp3) is 0.353. The first-order valence-corrected chi connectivity index (χ1v) is 8.83. The van der Waals surface area contributed by atoms with Gasteiger partial charge in [-0.05, 0) is 6.92 Å². The van der Waals surface area contributed by atoms with Crippen LogP contribution in [0.4, 0.5) is 5.82 Å². The van der Waals surface area contributed by atoms with Gasteiger partial charge in [-0.1, -0.05) is 0 Å². The van der Waals surface area contributed by atoms with Gasteiger partial charge in [0.15, 0.2) is 5.82 Å². The highest BCUT2D eigenvalue weighted by atomic mass is 16.2. The van der Waals surface area contributed by atoms with Crippen LogP contribution in [0.1, 0.15) is 5.69 Å². The molecule has 4 rings (SSSR count). The topological polar surface area (TPSA) is 115 Å². The normalized spacial score (nSPS) is 14.3. The van der Waals surface area contributed by atoms with Crippen LogP contribution in [0.2, 0.25) is 0 Å². The van der Waals surface area contributed by atoms with Crippen LogP contribution in [-0.2, 0) is 11.3 Å². The molecule has 1 fully saturated rings. The summed E-state index contributed by atoms with van der Waals surface area (Å²) in [4.78, 5) is 44.8. The summed E-state index contributed by atoms with van der Waals surface area (Å²) in [6.45, 7) is 4.12. The molecular weight excluding hydrogens is 362 g/mol. The van der Waals surface area contributed by atoms with E-state index >= 15 is 0 Å². The molecule has 0 aromatic carbocycles. The molecule has 1 aliphatic heterocycles. The molecule has 1 aliphatic rings. The molecule has 0 radical (unpaired) electrons. The Morgan fingerprint density at radius 3 is 2.50 bits per heavy atom. The molecule has 0 bridgehead atoms. The van der Waals surface area contributed by atoms with Gasteiger partial charge in [0.25, 0.3) is 5.56 Å². The van der Waals surface area contributed by atoms with E-state index in [1.165, 1.54) is 29.6 Å². The SMILES string of the molecule is Cc1cc(=O)n(CC(=O)N2CCN(c3cc(-n4cncn4)ncn3)CC2)cn1. The minimum Gasteiger partial charge on any atom is -0.353 e. The standard InChI is InChI=1S/C17H19N9O2/c1-13-6-16(27)25(12-21-13)8-17(28)24-4-2-23(3-5-24)14-7-15(20-10-19-14)26-11-18-9-22-26/h6-7,9-12H,2-5,8H2,1H3. The largest absolute Gasteiger partial charge is 0.353 e. The second-order valence-electron chi connectivity index (χ2n) is 6.44. The second kappa shape index (κ2) is 7.55.